The molecule has 5 aromatic rings. The molecule has 0 aliphatic rings. The maximum Gasteiger partial charge on any atom is 0.266 e. The monoisotopic (exact) mass is 370 g/mol. The molecule has 0 unspecified atom stereocenters. The predicted octanol–water partition coefficient (Wildman–Crippen LogP) is 4.15. The van der Waals surface area contributed by atoms with Crippen LogP contribution in [-0.2, 0) is 0 Å². The highest BCUT2D eigenvalue weighted by Gasteiger charge is 2.16. The standard InChI is InChI=1S/C22H15FN4O/c1-14-20(15-5-3-2-4-6-15)21-24-13-18-19(27(21)25-14)11-12-26(22(18)28)17-9-7-16(23)8-10-17/h2-13H,1H3. The summed E-state index contributed by atoms with van der Waals surface area (Å²) in [6, 6.07) is 17.6. The second kappa shape index (κ2) is 6.13. The number of hydrogen-bond acceptors (Lipinski definition) is 3. The van der Waals surface area contributed by atoms with Crippen LogP contribution in [0.25, 0.3) is 33.4 Å². The number of aromatic nitrogens is 4. The Bertz CT molecular complexity index is 1390. The van der Waals surface area contributed by atoms with Crippen molar-refractivity contribution in [3.8, 4) is 16.8 Å². The fraction of sp³-hybridized carbons (Fsp3) is 0.0455. The number of halogens is 1. The summed E-state index contributed by atoms with van der Waals surface area (Å²) >= 11 is 0. The van der Waals surface area contributed by atoms with Crippen LogP contribution in [0.2, 0.25) is 0 Å². The maximum absolute atomic E-state index is 13.2. The molecular weight excluding hydrogens is 355 g/mol. The quantitative estimate of drug-likeness (QED) is 0.469. The predicted molar refractivity (Wildman–Crippen MR) is 106 cm³/mol. The highest BCUT2D eigenvalue weighted by atomic mass is 19.1. The van der Waals surface area contributed by atoms with Crippen LogP contribution in [0.4, 0.5) is 4.39 Å². The summed E-state index contributed by atoms with van der Waals surface area (Å²) < 4.78 is 16.4. The van der Waals surface area contributed by atoms with E-state index in [1.165, 1.54) is 16.7 Å². The first-order valence-electron chi connectivity index (χ1n) is 8.84. The summed E-state index contributed by atoms with van der Waals surface area (Å²) in [5.41, 5.74) is 4.57. The fourth-order valence-electron chi connectivity index (χ4n) is 3.52. The van der Waals surface area contributed by atoms with Gasteiger partial charge in [0.15, 0.2) is 5.65 Å². The Balaban J connectivity index is 1.77. The van der Waals surface area contributed by atoms with Gasteiger partial charge in [-0.2, -0.15) is 5.10 Å². The summed E-state index contributed by atoms with van der Waals surface area (Å²) in [4.78, 5) is 17.6. The largest absolute Gasteiger partial charge is 0.284 e. The topological polar surface area (TPSA) is 52.2 Å². The van der Waals surface area contributed by atoms with Gasteiger partial charge in [-0.3, -0.25) is 9.36 Å². The van der Waals surface area contributed by atoms with Crippen molar-refractivity contribution in [2.24, 2.45) is 0 Å². The summed E-state index contributed by atoms with van der Waals surface area (Å²) in [6.45, 7) is 1.93. The number of fused-ring (bicyclic) bond motifs is 3. The van der Waals surface area contributed by atoms with Gasteiger partial charge in [-0.15, -0.1) is 0 Å². The van der Waals surface area contributed by atoms with E-state index in [0.717, 1.165) is 16.8 Å². The van der Waals surface area contributed by atoms with Gasteiger partial charge in [0.25, 0.3) is 5.56 Å². The van der Waals surface area contributed by atoms with Gasteiger partial charge in [-0.05, 0) is 42.8 Å². The van der Waals surface area contributed by atoms with Crippen molar-refractivity contribution in [1.29, 1.82) is 0 Å². The van der Waals surface area contributed by atoms with Crippen LogP contribution in [0.3, 0.4) is 0 Å². The average Bonchev–Trinajstić information content (AvgIpc) is 3.06. The van der Waals surface area contributed by atoms with Gasteiger partial charge in [-0.25, -0.2) is 13.9 Å². The first-order valence-corrected chi connectivity index (χ1v) is 8.84. The molecule has 0 saturated carbocycles. The molecule has 0 aliphatic heterocycles. The maximum atomic E-state index is 13.2. The van der Waals surface area contributed by atoms with Gasteiger partial charge in [0.2, 0.25) is 0 Å². The second-order valence-corrected chi connectivity index (χ2v) is 6.59. The van der Waals surface area contributed by atoms with E-state index in [1.807, 2.05) is 43.3 Å². The normalized spacial score (nSPS) is 11.4. The van der Waals surface area contributed by atoms with Crippen molar-refractivity contribution in [3.05, 3.63) is 94.9 Å². The molecule has 3 heterocycles. The average molecular weight is 370 g/mol. The fourth-order valence-corrected chi connectivity index (χ4v) is 3.52. The zero-order valence-corrected chi connectivity index (χ0v) is 15.0. The third-order valence-electron chi connectivity index (χ3n) is 4.85. The van der Waals surface area contributed by atoms with Crippen LogP contribution in [0, 0.1) is 12.7 Å². The van der Waals surface area contributed by atoms with Gasteiger partial charge in [0.1, 0.15) is 5.82 Å². The van der Waals surface area contributed by atoms with Crippen molar-refractivity contribution in [2.75, 3.05) is 0 Å². The molecule has 2 aromatic carbocycles. The summed E-state index contributed by atoms with van der Waals surface area (Å²) in [5.74, 6) is -0.346. The Morgan fingerprint density at radius 2 is 1.71 bits per heavy atom. The minimum Gasteiger partial charge on any atom is -0.284 e. The molecule has 6 heteroatoms. The van der Waals surface area contributed by atoms with Gasteiger partial charge < -0.3 is 0 Å². The Kier molecular flexibility index (Phi) is 3.58. The Morgan fingerprint density at radius 1 is 0.964 bits per heavy atom. The van der Waals surface area contributed by atoms with Crippen molar-refractivity contribution in [2.45, 2.75) is 6.92 Å². The third-order valence-corrected chi connectivity index (χ3v) is 4.85. The van der Waals surface area contributed by atoms with E-state index in [-0.39, 0.29) is 11.4 Å². The minimum atomic E-state index is -0.346. The lowest BCUT2D eigenvalue weighted by molar-refractivity contribution is 0.627. The van der Waals surface area contributed by atoms with E-state index in [1.54, 1.807) is 29.0 Å². The summed E-state index contributed by atoms with van der Waals surface area (Å²) in [7, 11) is 0. The number of benzene rings is 2. The molecule has 0 bridgehead atoms. The third kappa shape index (κ3) is 2.42. The van der Waals surface area contributed by atoms with E-state index in [0.29, 0.717) is 22.2 Å². The number of pyridine rings is 1. The molecule has 5 nitrogen and oxygen atoms in total. The Labute approximate surface area is 159 Å². The lowest BCUT2D eigenvalue weighted by Crippen LogP contribution is -2.18. The molecule has 28 heavy (non-hydrogen) atoms. The van der Waals surface area contributed by atoms with Crippen LogP contribution in [0.1, 0.15) is 5.69 Å². The highest BCUT2D eigenvalue weighted by Crippen LogP contribution is 2.28. The van der Waals surface area contributed by atoms with Crippen LogP contribution in [0.15, 0.2) is 77.9 Å². The first kappa shape index (κ1) is 16.4. The highest BCUT2D eigenvalue weighted by molar-refractivity contribution is 5.86. The van der Waals surface area contributed by atoms with Gasteiger partial charge in [0, 0.05) is 23.6 Å². The Morgan fingerprint density at radius 3 is 2.46 bits per heavy atom. The molecule has 3 aromatic heterocycles. The molecule has 5 rings (SSSR count). The lowest BCUT2D eigenvalue weighted by Gasteiger charge is -2.08. The van der Waals surface area contributed by atoms with Gasteiger partial charge in [-0.1, -0.05) is 30.3 Å². The molecule has 0 amide bonds. The van der Waals surface area contributed by atoms with Crippen molar-refractivity contribution >= 4 is 16.6 Å². The van der Waals surface area contributed by atoms with Crippen LogP contribution >= 0.6 is 0 Å². The molecule has 0 fully saturated rings. The van der Waals surface area contributed by atoms with Crippen molar-refractivity contribution in [3.63, 3.8) is 0 Å². The van der Waals surface area contributed by atoms with E-state index < -0.39 is 0 Å². The van der Waals surface area contributed by atoms with Crippen molar-refractivity contribution < 1.29 is 4.39 Å². The van der Waals surface area contributed by atoms with Gasteiger partial charge >= 0.3 is 0 Å². The molecule has 0 radical (unpaired) electrons. The smallest absolute Gasteiger partial charge is 0.266 e. The Hall–Kier alpha value is -3.80. The second-order valence-electron chi connectivity index (χ2n) is 6.59. The SMILES string of the molecule is Cc1nn2c(ncc3c(=O)n(-c4ccc(F)cc4)ccc32)c1-c1ccccc1. The first-order chi connectivity index (χ1) is 13.6. The number of nitrogens with zero attached hydrogens (tertiary/aromatic N) is 4. The van der Waals surface area contributed by atoms with E-state index in [9.17, 15) is 9.18 Å². The minimum absolute atomic E-state index is 0.229. The summed E-state index contributed by atoms with van der Waals surface area (Å²) in [5, 5.41) is 5.07. The molecule has 136 valence electrons. The van der Waals surface area contributed by atoms with Crippen LogP contribution in [-0.4, -0.2) is 19.2 Å². The zero-order chi connectivity index (χ0) is 19.3. The molecule has 0 aliphatic carbocycles. The molecule has 0 atom stereocenters. The molecule has 0 saturated heterocycles. The molecular formula is C22H15FN4O. The van der Waals surface area contributed by atoms with Crippen LogP contribution < -0.4 is 5.56 Å². The number of aryl methyl sites for hydroxylation is 1. The zero-order valence-electron chi connectivity index (χ0n) is 15.0. The van der Waals surface area contributed by atoms with Gasteiger partial charge in [0.05, 0.1) is 16.6 Å². The van der Waals surface area contributed by atoms with E-state index in [2.05, 4.69) is 10.1 Å². The number of rotatable bonds is 2. The lowest BCUT2D eigenvalue weighted by atomic mass is 10.1. The number of hydrogen-bond donors (Lipinski definition) is 0. The van der Waals surface area contributed by atoms with E-state index in [4.69, 9.17) is 0 Å². The van der Waals surface area contributed by atoms with Crippen LogP contribution in [0.5, 0.6) is 0 Å². The van der Waals surface area contributed by atoms with E-state index >= 15 is 0 Å². The van der Waals surface area contributed by atoms with Crippen molar-refractivity contribution in [1.82, 2.24) is 19.2 Å². The molecule has 0 N–H and O–H groups in total. The summed E-state index contributed by atoms with van der Waals surface area (Å²) in [6.07, 6.45) is 3.26. The molecule has 0 spiro atoms.